The van der Waals surface area contributed by atoms with Gasteiger partial charge in [-0.3, -0.25) is 9.69 Å². The SMILES string of the molecule is O=C(CN1CCC[C@@H](O)C1)NCCOc1cccc(C(=O)O)c1. The van der Waals surface area contributed by atoms with Gasteiger partial charge < -0.3 is 20.3 Å². The largest absolute Gasteiger partial charge is 0.492 e. The van der Waals surface area contributed by atoms with Crippen molar-refractivity contribution in [3.05, 3.63) is 29.8 Å². The van der Waals surface area contributed by atoms with Gasteiger partial charge in [-0.25, -0.2) is 4.79 Å². The Kier molecular flexibility index (Phi) is 6.37. The zero-order valence-electron chi connectivity index (χ0n) is 12.9. The number of likely N-dealkylation sites (tertiary alicyclic amines) is 1. The summed E-state index contributed by atoms with van der Waals surface area (Å²) in [5, 5.41) is 21.2. The Balaban J connectivity index is 1.66. The maximum atomic E-state index is 11.8. The number of rotatable bonds is 7. The number of aliphatic hydroxyl groups excluding tert-OH is 1. The van der Waals surface area contributed by atoms with Crippen LogP contribution in [0.1, 0.15) is 23.2 Å². The van der Waals surface area contributed by atoms with Crippen molar-refractivity contribution < 1.29 is 24.5 Å². The summed E-state index contributed by atoms with van der Waals surface area (Å²) in [5.74, 6) is -0.659. The van der Waals surface area contributed by atoms with E-state index in [4.69, 9.17) is 9.84 Å². The summed E-state index contributed by atoms with van der Waals surface area (Å²) in [6.45, 7) is 2.23. The lowest BCUT2D eigenvalue weighted by molar-refractivity contribution is -0.123. The van der Waals surface area contributed by atoms with Crippen LogP contribution in [0, 0.1) is 0 Å². The van der Waals surface area contributed by atoms with Gasteiger partial charge in [-0.2, -0.15) is 0 Å². The predicted octanol–water partition coefficient (Wildman–Crippen LogP) is 0.337. The quantitative estimate of drug-likeness (QED) is 0.626. The van der Waals surface area contributed by atoms with Crippen LogP contribution in [0.25, 0.3) is 0 Å². The molecule has 0 spiro atoms. The molecule has 1 atom stereocenters. The number of carbonyl (C=O) groups excluding carboxylic acids is 1. The van der Waals surface area contributed by atoms with Gasteiger partial charge in [-0.15, -0.1) is 0 Å². The summed E-state index contributed by atoms with van der Waals surface area (Å²) >= 11 is 0. The maximum Gasteiger partial charge on any atom is 0.335 e. The van der Waals surface area contributed by atoms with Gasteiger partial charge in [0.05, 0.1) is 24.8 Å². The van der Waals surface area contributed by atoms with Crippen LogP contribution in [-0.2, 0) is 4.79 Å². The van der Waals surface area contributed by atoms with E-state index in [2.05, 4.69) is 5.32 Å². The second-order valence-corrected chi connectivity index (χ2v) is 5.56. The number of ether oxygens (including phenoxy) is 1. The number of carboxylic acid groups (broad SMARTS) is 1. The van der Waals surface area contributed by atoms with E-state index in [0.717, 1.165) is 19.4 Å². The summed E-state index contributed by atoms with van der Waals surface area (Å²) in [6.07, 6.45) is 1.35. The van der Waals surface area contributed by atoms with E-state index >= 15 is 0 Å². The van der Waals surface area contributed by atoms with Crippen LogP contribution in [0.3, 0.4) is 0 Å². The zero-order chi connectivity index (χ0) is 16.7. The van der Waals surface area contributed by atoms with Crippen molar-refractivity contribution in [2.75, 3.05) is 32.8 Å². The van der Waals surface area contributed by atoms with Crippen molar-refractivity contribution in [1.82, 2.24) is 10.2 Å². The highest BCUT2D eigenvalue weighted by atomic mass is 16.5. The highest BCUT2D eigenvalue weighted by Crippen LogP contribution is 2.13. The van der Waals surface area contributed by atoms with Gasteiger partial charge in [0.25, 0.3) is 0 Å². The maximum absolute atomic E-state index is 11.8. The van der Waals surface area contributed by atoms with Gasteiger partial charge in [0.15, 0.2) is 0 Å². The molecule has 7 nitrogen and oxygen atoms in total. The molecule has 0 unspecified atom stereocenters. The highest BCUT2D eigenvalue weighted by Gasteiger charge is 2.19. The van der Waals surface area contributed by atoms with Crippen LogP contribution in [0.4, 0.5) is 0 Å². The lowest BCUT2D eigenvalue weighted by Crippen LogP contribution is -2.44. The monoisotopic (exact) mass is 322 g/mol. The summed E-state index contributed by atoms with van der Waals surface area (Å²) in [6, 6.07) is 6.21. The second-order valence-electron chi connectivity index (χ2n) is 5.56. The van der Waals surface area contributed by atoms with Gasteiger partial charge in [-0.1, -0.05) is 6.07 Å². The van der Waals surface area contributed by atoms with Crippen molar-refractivity contribution >= 4 is 11.9 Å². The third-order valence-electron chi connectivity index (χ3n) is 3.62. The first kappa shape index (κ1) is 17.2. The van der Waals surface area contributed by atoms with Crippen LogP contribution >= 0.6 is 0 Å². The van der Waals surface area contributed by atoms with E-state index in [1.807, 2.05) is 4.90 Å². The molecule has 3 N–H and O–H groups in total. The lowest BCUT2D eigenvalue weighted by atomic mass is 10.1. The Morgan fingerprint density at radius 3 is 2.96 bits per heavy atom. The molecule has 1 aliphatic heterocycles. The number of carboxylic acids is 1. The molecule has 0 bridgehead atoms. The van der Waals surface area contributed by atoms with Crippen molar-refractivity contribution in [3.8, 4) is 5.75 Å². The van der Waals surface area contributed by atoms with E-state index in [1.54, 1.807) is 12.1 Å². The summed E-state index contributed by atoms with van der Waals surface area (Å²) in [4.78, 5) is 24.6. The molecule has 0 radical (unpaired) electrons. The minimum absolute atomic E-state index is 0.109. The first-order valence-electron chi connectivity index (χ1n) is 7.68. The number of nitrogens with one attached hydrogen (secondary N) is 1. The molecule has 2 rings (SSSR count). The van der Waals surface area contributed by atoms with E-state index in [0.29, 0.717) is 18.8 Å². The molecule has 1 amide bonds. The van der Waals surface area contributed by atoms with Crippen molar-refractivity contribution in [2.45, 2.75) is 18.9 Å². The van der Waals surface area contributed by atoms with Crippen LogP contribution in [0.15, 0.2) is 24.3 Å². The number of aromatic carboxylic acids is 1. The van der Waals surface area contributed by atoms with E-state index in [1.165, 1.54) is 12.1 Å². The molecule has 0 aliphatic carbocycles. The third-order valence-corrected chi connectivity index (χ3v) is 3.62. The van der Waals surface area contributed by atoms with Crippen molar-refractivity contribution in [1.29, 1.82) is 0 Å². The molecular weight excluding hydrogens is 300 g/mol. The molecule has 0 saturated carbocycles. The third kappa shape index (κ3) is 5.88. The number of β-amino-alcohol motifs (C(OH)–C–C–N with tert-alkyl or cyclic N) is 1. The number of benzene rings is 1. The average molecular weight is 322 g/mol. The van der Waals surface area contributed by atoms with Crippen LogP contribution in [0.5, 0.6) is 5.75 Å². The van der Waals surface area contributed by atoms with Gasteiger partial charge in [0, 0.05) is 6.54 Å². The fourth-order valence-corrected chi connectivity index (χ4v) is 2.51. The summed E-state index contributed by atoms with van der Waals surface area (Å²) < 4.78 is 5.42. The topological polar surface area (TPSA) is 99.1 Å². The average Bonchev–Trinajstić information content (AvgIpc) is 2.52. The minimum atomic E-state index is -1.01. The zero-order valence-corrected chi connectivity index (χ0v) is 12.9. The molecule has 1 saturated heterocycles. The molecule has 1 aromatic carbocycles. The Morgan fingerprint density at radius 2 is 2.22 bits per heavy atom. The smallest absolute Gasteiger partial charge is 0.335 e. The first-order chi connectivity index (χ1) is 11.0. The molecule has 1 heterocycles. The standard InChI is InChI=1S/C16H22N2O5/c19-13-4-2-7-18(10-13)11-15(20)17-6-8-23-14-5-1-3-12(9-14)16(21)22/h1,3,5,9,13,19H,2,4,6-8,10-11H2,(H,17,20)(H,21,22)/t13-/m1/s1. The molecule has 1 aromatic rings. The number of aliphatic hydroxyl groups is 1. The van der Waals surface area contributed by atoms with Crippen LogP contribution in [0.2, 0.25) is 0 Å². The molecule has 7 heteroatoms. The minimum Gasteiger partial charge on any atom is -0.492 e. The normalized spacial score (nSPS) is 18.4. The van der Waals surface area contributed by atoms with Crippen molar-refractivity contribution in [2.24, 2.45) is 0 Å². The van der Waals surface area contributed by atoms with Crippen LogP contribution in [-0.4, -0.2) is 65.9 Å². The van der Waals surface area contributed by atoms with Gasteiger partial charge in [0.2, 0.25) is 5.91 Å². The van der Waals surface area contributed by atoms with Crippen molar-refractivity contribution in [3.63, 3.8) is 0 Å². The number of nitrogens with zero attached hydrogens (tertiary/aromatic N) is 1. The molecule has 126 valence electrons. The van der Waals surface area contributed by atoms with Gasteiger partial charge >= 0.3 is 5.97 Å². The Labute approximate surface area is 134 Å². The highest BCUT2D eigenvalue weighted by molar-refractivity contribution is 5.88. The Hall–Kier alpha value is -2.12. The van der Waals surface area contributed by atoms with E-state index < -0.39 is 5.97 Å². The fraction of sp³-hybridized carbons (Fsp3) is 0.500. The fourth-order valence-electron chi connectivity index (χ4n) is 2.51. The molecule has 0 aromatic heterocycles. The van der Waals surface area contributed by atoms with E-state index in [-0.39, 0.29) is 30.7 Å². The molecule has 23 heavy (non-hydrogen) atoms. The first-order valence-corrected chi connectivity index (χ1v) is 7.68. The second kappa shape index (κ2) is 8.50. The number of amides is 1. The Morgan fingerprint density at radius 1 is 1.39 bits per heavy atom. The van der Waals surface area contributed by atoms with E-state index in [9.17, 15) is 14.7 Å². The van der Waals surface area contributed by atoms with Gasteiger partial charge in [0.1, 0.15) is 12.4 Å². The number of piperidine rings is 1. The Bertz CT molecular complexity index is 549. The number of hydrogen-bond donors (Lipinski definition) is 3. The lowest BCUT2D eigenvalue weighted by Gasteiger charge is -2.29. The van der Waals surface area contributed by atoms with Gasteiger partial charge in [-0.05, 0) is 37.6 Å². The van der Waals surface area contributed by atoms with Crippen LogP contribution < -0.4 is 10.1 Å². The number of carbonyl (C=O) groups is 2. The molecule has 1 aliphatic rings. The molecular formula is C16H22N2O5. The summed E-state index contributed by atoms with van der Waals surface area (Å²) in [7, 11) is 0. The summed E-state index contributed by atoms with van der Waals surface area (Å²) in [5.41, 5.74) is 0.162. The number of hydrogen-bond acceptors (Lipinski definition) is 5. The molecule has 1 fully saturated rings. The predicted molar refractivity (Wildman–Crippen MR) is 83.6 cm³/mol.